The predicted octanol–water partition coefficient (Wildman–Crippen LogP) is 1.91. The van der Waals surface area contributed by atoms with Crippen LogP contribution < -0.4 is 4.74 Å². The molecule has 0 spiro atoms. The first-order valence-corrected chi connectivity index (χ1v) is 8.64. The Bertz CT molecular complexity index is 772. The van der Waals surface area contributed by atoms with Gasteiger partial charge < -0.3 is 24.1 Å². The second kappa shape index (κ2) is 7.61. The summed E-state index contributed by atoms with van der Waals surface area (Å²) in [6.45, 7) is 0.125. The summed E-state index contributed by atoms with van der Waals surface area (Å²) >= 11 is 0. The van der Waals surface area contributed by atoms with Crippen LogP contribution in [0, 0.1) is 10.1 Å². The summed E-state index contributed by atoms with van der Waals surface area (Å²) in [6.07, 6.45) is -4.94. The van der Waals surface area contributed by atoms with Crippen LogP contribution in [0.3, 0.4) is 0 Å². The molecular formula is C19H19NO7. The summed E-state index contributed by atoms with van der Waals surface area (Å²) in [4.78, 5) is 11.0. The van der Waals surface area contributed by atoms with E-state index in [4.69, 9.17) is 18.9 Å². The van der Waals surface area contributed by atoms with Crippen molar-refractivity contribution in [2.24, 2.45) is 0 Å². The molecule has 2 fully saturated rings. The molecule has 0 saturated carbocycles. The minimum absolute atomic E-state index is 0.125. The number of benzene rings is 2. The van der Waals surface area contributed by atoms with E-state index in [0.29, 0.717) is 5.75 Å². The van der Waals surface area contributed by atoms with Gasteiger partial charge in [0.1, 0.15) is 18.0 Å². The Morgan fingerprint density at radius 3 is 2.37 bits per heavy atom. The average Bonchev–Trinajstić information content (AvgIpc) is 2.69. The van der Waals surface area contributed by atoms with Crippen LogP contribution in [0.2, 0.25) is 0 Å². The number of nitrogens with zero attached hydrogens (tertiary/aromatic N) is 1. The van der Waals surface area contributed by atoms with Crippen molar-refractivity contribution in [1.29, 1.82) is 0 Å². The molecule has 2 aromatic carbocycles. The van der Waals surface area contributed by atoms with Crippen LogP contribution in [0.15, 0.2) is 60.7 Å². The highest BCUT2D eigenvalue weighted by Crippen LogP contribution is 2.35. The van der Waals surface area contributed by atoms with Crippen LogP contribution in [-0.2, 0) is 14.2 Å². The standard InChI is InChI=1S/C19H19NO7/c21-16-15(20(22)23)19(25-13-9-5-2-6-10-13)26-14-11-24-18(27-17(14)16)12-7-3-1-4-8-12/h1-10,14-19,21H,11H2/t14-,15-,16-,17-,18-,19-/m1/s1. The third kappa shape index (κ3) is 3.65. The van der Waals surface area contributed by atoms with Gasteiger partial charge in [-0.15, -0.1) is 0 Å². The van der Waals surface area contributed by atoms with Gasteiger partial charge in [-0.05, 0) is 12.1 Å². The quantitative estimate of drug-likeness (QED) is 0.645. The monoisotopic (exact) mass is 373 g/mol. The number of ether oxygens (including phenoxy) is 4. The molecule has 2 aliphatic rings. The van der Waals surface area contributed by atoms with E-state index in [2.05, 4.69) is 0 Å². The first-order chi connectivity index (χ1) is 13.1. The van der Waals surface area contributed by atoms with Gasteiger partial charge in [0.2, 0.25) is 0 Å². The van der Waals surface area contributed by atoms with Crippen molar-refractivity contribution >= 4 is 0 Å². The SMILES string of the molecule is O=[N+]([O-])[C@H]1[C@H](Oc2ccccc2)O[C@@H]2CO[C@@H](c3ccccc3)O[C@H]2[C@@H]1O. The molecule has 0 radical (unpaired) electrons. The second-order valence-electron chi connectivity index (χ2n) is 6.42. The molecule has 0 aliphatic carbocycles. The molecule has 0 aromatic heterocycles. The van der Waals surface area contributed by atoms with Gasteiger partial charge in [0, 0.05) is 10.5 Å². The largest absolute Gasteiger partial charge is 0.457 e. The highest BCUT2D eigenvalue weighted by Gasteiger charge is 2.56. The zero-order valence-corrected chi connectivity index (χ0v) is 14.3. The molecule has 0 unspecified atom stereocenters. The van der Waals surface area contributed by atoms with Crippen LogP contribution in [0.1, 0.15) is 11.9 Å². The highest BCUT2D eigenvalue weighted by atomic mass is 16.8. The molecule has 2 aliphatic heterocycles. The van der Waals surface area contributed by atoms with Crippen LogP contribution in [0.5, 0.6) is 5.75 Å². The Morgan fingerprint density at radius 2 is 1.70 bits per heavy atom. The summed E-state index contributed by atoms with van der Waals surface area (Å²) in [5, 5.41) is 22.3. The number of nitro groups is 1. The molecule has 142 valence electrons. The van der Waals surface area contributed by atoms with Crippen LogP contribution in [-0.4, -0.2) is 47.3 Å². The Hall–Kier alpha value is -2.52. The lowest BCUT2D eigenvalue weighted by molar-refractivity contribution is -0.574. The Labute approximate surface area is 155 Å². The lowest BCUT2D eigenvalue weighted by Gasteiger charge is -2.44. The van der Waals surface area contributed by atoms with Gasteiger partial charge in [0.15, 0.2) is 12.4 Å². The third-order valence-electron chi connectivity index (χ3n) is 4.64. The first kappa shape index (κ1) is 17.9. The van der Waals surface area contributed by atoms with Crippen molar-refractivity contribution in [3.63, 3.8) is 0 Å². The lowest BCUT2D eigenvalue weighted by atomic mass is 9.96. The molecule has 1 N–H and O–H groups in total. The number of fused-ring (bicyclic) bond motifs is 1. The Morgan fingerprint density at radius 1 is 1.04 bits per heavy atom. The maximum Gasteiger partial charge on any atom is 0.302 e. The molecule has 8 heteroatoms. The summed E-state index contributed by atoms with van der Waals surface area (Å²) in [5.41, 5.74) is 0.767. The van der Waals surface area contributed by atoms with Gasteiger partial charge in [-0.2, -0.15) is 0 Å². The summed E-state index contributed by atoms with van der Waals surface area (Å²) in [6, 6.07) is 16.3. The Balaban J connectivity index is 1.53. The number of aliphatic hydroxyl groups is 1. The topological polar surface area (TPSA) is 100 Å². The van der Waals surface area contributed by atoms with Crippen molar-refractivity contribution in [3.8, 4) is 5.75 Å². The van der Waals surface area contributed by atoms with Crippen molar-refractivity contribution in [3.05, 3.63) is 76.3 Å². The average molecular weight is 373 g/mol. The van der Waals surface area contributed by atoms with E-state index in [1.807, 2.05) is 30.3 Å². The number of aliphatic hydroxyl groups excluding tert-OH is 1. The number of hydrogen-bond donors (Lipinski definition) is 1. The summed E-state index contributed by atoms with van der Waals surface area (Å²) in [7, 11) is 0. The molecule has 2 saturated heterocycles. The Kier molecular flexibility index (Phi) is 5.04. The summed E-state index contributed by atoms with van der Waals surface area (Å²) in [5.74, 6) is 0.416. The number of rotatable bonds is 4. The van der Waals surface area contributed by atoms with Crippen molar-refractivity contribution in [2.45, 2.75) is 36.9 Å². The normalized spacial score (nSPS) is 33.1. The van der Waals surface area contributed by atoms with Gasteiger partial charge in [0.05, 0.1) is 6.61 Å². The number of hydrogen-bond acceptors (Lipinski definition) is 7. The first-order valence-electron chi connectivity index (χ1n) is 8.64. The van der Waals surface area contributed by atoms with Gasteiger partial charge in [-0.3, -0.25) is 10.1 Å². The molecule has 4 rings (SSSR count). The summed E-state index contributed by atoms with van der Waals surface area (Å²) < 4.78 is 22.9. The zero-order valence-electron chi connectivity index (χ0n) is 14.3. The molecule has 2 heterocycles. The molecule has 6 atom stereocenters. The van der Waals surface area contributed by atoms with Gasteiger partial charge >= 0.3 is 6.04 Å². The van der Waals surface area contributed by atoms with Crippen LogP contribution >= 0.6 is 0 Å². The molecule has 27 heavy (non-hydrogen) atoms. The van der Waals surface area contributed by atoms with E-state index in [0.717, 1.165) is 5.56 Å². The van der Waals surface area contributed by atoms with E-state index >= 15 is 0 Å². The van der Waals surface area contributed by atoms with Gasteiger partial charge in [0.25, 0.3) is 6.29 Å². The third-order valence-corrected chi connectivity index (χ3v) is 4.64. The van der Waals surface area contributed by atoms with Crippen LogP contribution in [0.4, 0.5) is 0 Å². The lowest BCUT2D eigenvalue weighted by Crippen LogP contribution is -2.65. The minimum atomic E-state index is -1.49. The van der Waals surface area contributed by atoms with Crippen molar-refractivity contribution in [1.82, 2.24) is 0 Å². The second-order valence-corrected chi connectivity index (χ2v) is 6.42. The van der Waals surface area contributed by atoms with E-state index in [-0.39, 0.29) is 6.61 Å². The molecule has 0 bridgehead atoms. The minimum Gasteiger partial charge on any atom is -0.457 e. The number of para-hydroxylation sites is 1. The molecule has 2 aromatic rings. The van der Waals surface area contributed by atoms with E-state index in [1.165, 1.54) is 0 Å². The van der Waals surface area contributed by atoms with E-state index in [1.54, 1.807) is 30.3 Å². The van der Waals surface area contributed by atoms with Gasteiger partial charge in [-0.1, -0.05) is 48.5 Å². The van der Waals surface area contributed by atoms with Gasteiger partial charge in [-0.25, -0.2) is 0 Å². The van der Waals surface area contributed by atoms with Crippen molar-refractivity contribution in [2.75, 3.05) is 6.61 Å². The molecule has 0 amide bonds. The highest BCUT2D eigenvalue weighted by molar-refractivity contribution is 5.21. The van der Waals surface area contributed by atoms with E-state index < -0.39 is 41.9 Å². The molecule has 8 nitrogen and oxygen atoms in total. The smallest absolute Gasteiger partial charge is 0.302 e. The molecular weight excluding hydrogens is 354 g/mol. The van der Waals surface area contributed by atoms with Crippen LogP contribution in [0.25, 0.3) is 0 Å². The van der Waals surface area contributed by atoms with Crippen molar-refractivity contribution < 1.29 is 29.0 Å². The predicted molar refractivity (Wildman–Crippen MR) is 92.5 cm³/mol. The fourth-order valence-electron chi connectivity index (χ4n) is 3.31. The zero-order chi connectivity index (χ0) is 18.8. The van der Waals surface area contributed by atoms with E-state index in [9.17, 15) is 15.2 Å². The maximum absolute atomic E-state index is 11.6. The fraction of sp³-hybridized carbons (Fsp3) is 0.368. The maximum atomic E-state index is 11.6. The fourth-order valence-corrected chi connectivity index (χ4v) is 3.31.